The molecule has 0 heterocycles. The summed E-state index contributed by atoms with van der Waals surface area (Å²) in [5.74, 6) is -0.000204. The normalized spacial score (nSPS) is 11.7. The lowest BCUT2D eigenvalue weighted by molar-refractivity contribution is -0.118. The predicted molar refractivity (Wildman–Crippen MR) is 108 cm³/mol. The maximum absolute atomic E-state index is 12.7. The zero-order valence-corrected chi connectivity index (χ0v) is 16.4. The summed E-state index contributed by atoms with van der Waals surface area (Å²) in [5, 5.41) is 5.59. The Morgan fingerprint density at radius 2 is 1.63 bits per heavy atom. The monoisotopic (exact) mass is 368 g/mol. The third-order valence-corrected chi connectivity index (χ3v) is 4.02. The highest BCUT2D eigenvalue weighted by Gasteiger charge is 2.23. The van der Waals surface area contributed by atoms with E-state index in [9.17, 15) is 9.59 Å². The van der Waals surface area contributed by atoms with Crippen LogP contribution in [0, 0.1) is 19.8 Å². The molecule has 2 aromatic rings. The first-order chi connectivity index (χ1) is 12.8. The molecule has 0 aliphatic rings. The Bertz CT molecular complexity index is 752. The molecule has 2 rings (SSSR count). The molecular weight excluding hydrogens is 340 g/mol. The van der Waals surface area contributed by atoms with Crippen molar-refractivity contribution in [1.82, 2.24) is 5.32 Å². The maximum Gasteiger partial charge on any atom is 0.408 e. The number of hydrogen-bond acceptors (Lipinski definition) is 3. The summed E-state index contributed by atoms with van der Waals surface area (Å²) in [6, 6.07) is 14.6. The Morgan fingerprint density at radius 1 is 1.00 bits per heavy atom. The van der Waals surface area contributed by atoms with Crippen LogP contribution in [0.5, 0.6) is 0 Å². The van der Waals surface area contributed by atoms with Crippen LogP contribution in [0.4, 0.5) is 10.5 Å². The molecule has 2 N–H and O–H groups in total. The second-order valence-corrected chi connectivity index (χ2v) is 7.25. The van der Waals surface area contributed by atoms with Gasteiger partial charge in [-0.05, 0) is 55.0 Å². The molecule has 27 heavy (non-hydrogen) atoms. The van der Waals surface area contributed by atoms with Gasteiger partial charge in [-0.15, -0.1) is 0 Å². The van der Waals surface area contributed by atoms with Crippen LogP contribution in [0.3, 0.4) is 0 Å². The second kappa shape index (κ2) is 9.76. The van der Waals surface area contributed by atoms with Gasteiger partial charge in [-0.25, -0.2) is 4.79 Å². The van der Waals surface area contributed by atoms with E-state index in [0.29, 0.717) is 6.42 Å². The predicted octanol–water partition coefficient (Wildman–Crippen LogP) is 4.58. The average molecular weight is 368 g/mol. The number of hydrogen-bond donors (Lipinski definition) is 2. The van der Waals surface area contributed by atoms with Crippen molar-refractivity contribution >= 4 is 17.7 Å². The van der Waals surface area contributed by atoms with Crippen molar-refractivity contribution in [3.8, 4) is 0 Å². The number of carbonyl (C=O) groups excluding carboxylic acids is 2. The molecule has 0 saturated heterocycles. The van der Waals surface area contributed by atoms with Gasteiger partial charge in [0.05, 0.1) is 0 Å². The summed E-state index contributed by atoms with van der Waals surface area (Å²) in [4.78, 5) is 24.9. The average Bonchev–Trinajstić information content (AvgIpc) is 2.59. The highest BCUT2D eigenvalue weighted by molar-refractivity contribution is 5.96. The van der Waals surface area contributed by atoms with Gasteiger partial charge >= 0.3 is 6.09 Å². The van der Waals surface area contributed by atoms with Gasteiger partial charge in [-0.3, -0.25) is 4.79 Å². The van der Waals surface area contributed by atoms with Crippen molar-refractivity contribution in [1.29, 1.82) is 0 Å². The number of amides is 2. The van der Waals surface area contributed by atoms with E-state index in [1.807, 2.05) is 76.2 Å². The fourth-order valence-corrected chi connectivity index (χ4v) is 2.89. The molecule has 0 aliphatic heterocycles. The van der Waals surface area contributed by atoms with Crippen molar-refractivity contribution in [2.24, 2.45) is 5.92 Å². The molecule has 2 amide bonds. The second-order valence-electron chi connectivity index (χ2n) is 7.25. The number of aryl methyl sites for hydroxylation is 2. The number of rotatable bonds is 7. The van der Waals surface area contributed by atoms with Crippen LogP contribution in [0.1, 0.15) is 37.0 Å². The molecular formula is C22H28N2O3. The zero-order valence-electron chi connectivity index (χ0n) is 16.4. The van der Waals surface area contributed by atoms with E-state index >= 15 is 0 Å². The fourth-order valence-electron chi connectivity index (χ4n) is 2.89. The van der Waals surface area contributed by atoms with Gasteiger partial charge in [-0.2, -0.15) is 0 Å². The van der Waals surface area contributed by atoms with E-state index in [1.165, 1.54) is 0 Å². The van der Waals surface area contributed by atoms with Crippen molar-refractivity contribution in [2.75, 3.05) is 5.32 Å². The molecule has 1 atom stereocenters. The fraction of sp³-hybridized carbons (Fsp3) is 0.364. The number of alkyl carbamates (subject to hydrolysis) is 1. The molecule has 5 nitrogen and oxygen atoms in total. The summed E-state index contributed by atoms with van der Waals surface area (Å²) in [5.41, 5.74) is 3.76. The minimum atomic E-state index is -0.658. The minimum absolute atomic E-state index is 0.166. The molecule has 0 spiro atoms. The van der Waals surface area contributed by atoms with Crippen LogP contribution in [0.2, 0.25) is 0 Å². The molecule has 144 valence electrons. The van der Waals surface area contributed by atoms with Gasteiger partial charge in [0.15, 0.2) is 0 Å². The summed E-state index contributed by atoms with van der Waals surface area (Å²) >= 11 is 0. The minimum Gasteiger partial charge on any atom is -0.445 e. The van der Waals surface area contributed by atoms with Crippen LogP contribution in [-0.2, 0) is 16.1 Å². The Kier molecular flexibility index (Phi) is 7.41. The summed E-state index contributed by atoms with van der Waals surface area (Å²) in [6.45, 7) is 8.14. The molecule has 0 aliphatic carbocycles. The lowest BCUT2D eigenvalue weighted by atomic mass is 10.0. The van der Waals surface area contributed by atoms with E-state index in [-0.39, 0.29) is 18.4 Å². The smallest absolute Gasteiger partial charge is 0.408 e. The lowest BCUT2D eigenvalue weighted by Crippen LogP contribution is -2.44. The zero-order chi connectivity index (χ0) is 19.8. The van der Waals surface area contributed by atoms with Crippen molar-refractivity contribution in [3.05, 3.63) is 65.2 Å². The van der Waals surface area contributed by atoms with Crippen LogP contribution >= 0.6 is 0 Å². The van der Waals surface area contributed by atoms with Gasteiger partial charge in [0, 0.05) is 5.69 Å². The van der Waals surface area contributed by atoms with Crippen LogP contribution in [0.15, 0.2) is 48.5 Å². The molecule has 5 heteroatoms. The molecule has 1 unspecified atom stereocenters. The number of benzene rings is 2. The van der Waals surface area contributed by atoms with Crippen LogP contribution in [0.25, 0.3) is 0 Å². The number of carbonyl (C=O) groups is 2. The highest BCUT2D eigenvalue weighted by Crippen LogP contribution is 2.15. The molecule has 0 fully saturated rings. The largest absolute Gasteiger partial charge is 0.445 e. The van der Waals surface area contributed by atoms with E-state index in [2.05, 4.69) is 10.6 Å². The standard InChI is InChI=1S/C22H28N2O3/c1-15(2)10-20(21(25)23-19-12-16(3)11-17(4)13-19)24-22(26)27-14-18-8-6-5-7-9-18/h5-9,11-13,15,20H,10,14H2,1-4H3,(H,23,25)(H,24,26). The van der Waals surface area contributed by atoms with Gasteiger partial charge < -0.3 is 15.4 Å². The van der Waals surface area contributed by atoms with Gasteiger partial charge in [-0.1, -0.05) is 50.2 Å². The van der Waals surface area contributed by atoms with E-state index in [4.69, 9.17) is 4.74 Å². The van der Waals surface area contributed by atoms with E-state index in [1.54, 1.807) is 0 Å². The first-order valence-corrected chi connectivity index (χ1v) is 9.20. The maximum atomic E-state index is 12.7. The van der Waals surface area contributed by atoms with Crippen molar-refractivity contribution < 1.29 is 14.3 Å². The summed E-state index contributed by atoms with van der Waals surface area (Å²) in [6.07, 6.45) is -0.0723. The van der Waals surface area contributed by atoms with Gasteiger partial charge in [0.25, 0.3) is 0 Å². The van der Waals surface area contributed by atoms with Crippen molar-refractivity contribution in [3.63, 3.8) is 0 Å². The topological polar surface area (TPSA) is 67.4 Å². The van der Waals surface area contributed by atoms with E-state index in [0.717, 1.165) is 22.4 Å². The Hall–Kier alpha value is -2.82. The van der Waals surface area contributed by atoms with Gasteiger partial charge in [0.1, 0.15) is 12.6 Å². The Balaban J connectivity index is 1.98. The first kappa shape index (κ1) is 20.5. The third kappa shape index (κ3) is 7.13. The number of nitrogens with one attached hydrogen (secondary N) is 2. The van der Waals surface area contributed by atoms with Crippen LogP contribution in [-0.4, -0.2) is 18.0 Å². The Morgan fingerprint density at radius 3 is 2.22 bits per heavy atom. The molecule has 2 aromatic carbocycles. The molecule has 0 aromatic heterocycles. The molecule has 0 bridgehead atoms. The third-order valence-electron chi connectivity index (χ3n) is 4.02. The Labute approximate surface area is 161 Å². The summed E-state index contributed by atoms with van der Waals surface area (Å²) in [7, 11) is 0. The molecule has 0 radical (unpaired) electrons. The first-order valence-electron chi connectivity index (χ1n) is 9.20. The van der Waals surface area contributed by atoms with Gasteiger partial charge in [0.2, 0.25) is 5.91 Å². The van der Waals surface area contributed by atoms with Crippen molar-refractivity contribution in [2.45, 2.75) is 46.8 Å². The quantitative estimate of drug-likeness (QED) is 0.751. The summed E-state index contributed by atoms with van der Waals surface area (Å²) < 4.78 is 5.25. The van der Waals surface area contributed by atoms with E-state index < -0.39 is 12.1 Å². The lowest BCUT2D eigenvalue weighted by Gasteiger charge is -2.20. The number of ether oxygens (including phenoxy) is 1. The molecule has 0 saturated carbocycles. The number of anilines is 1. The SMILES string of the molecule is Cc1cc(C)cc(NC(=O)C(CC(C)C)NC(=O)OCc2ccccc2)c1. The van der Waals surface area contributed by atoms with Crippen LogP contribution < -0.4 is 10.6 Å². The highest BCUT2D eigenvalue weighted by atomic mass is 16.5.